The van der Waals surface area contributed by atoms with Gasteiger partial charge >= 0.3 is 0 Å². The molecular formula is C26H23N5O3S2. The molecule has 2 aliphatic heterocycles. The second-order valence-electron chi connectivity index (χ2n) is 7.83. The first-order chi connectivity index (χ1) is 17.6. The van der Waals surface area contributed by atoms with Crippen LogP contribution in [0.15, 0.2) is 87.9 Å². The maximum Gasteiger partial charge on any atom is 0.283 e. The maximum atomic E-state index is 12.8. The monoisotopic (exact) mass is 517 g/mol. The fourth-order valence-electron chi connectivity index (χ4n) is 3.68. The molecule has 1 aromatic heterocycles. The summed E-state index contributed by atoms with van der Waals surface area (Å²) in [5.74, 6) is 1.80. The van der Waals surface area contributed by atoms with E-state index < -0.39 is 5.91 Å². The Hall–Kier alpha value is -3.76. The molecule has 3 aromatic rings. The lowest BCUT2D eigenvalue weighted by Crippen LogP contribution is -2.41. The Morgan fingerprint density at radius 1 is 1.08 bits per heavy atom. The van der Waals surface area contributed by atoms with Gasteiger partial charge in [-0.2, -0.15) is 9.39 Å². The predicted molar refractivity (Wildman–Crippen MR) is 146 cm³/mol. The lowest BCUT2D eigenvalue weighted by atomic mass is 10.1. The largest absolute Gasteiger partial charge is 0.497 e. The first-order valence-corrected chi connectivity index (χ1v) is 13.0. The number of rotatable bonds is 8. The van der Waals surface area contributed by atoms with Crippen molar-refractivity contribution < 1.29 is 14.3 Å². The van der Waals surface area contributed by atoms with E-state index in [-0.39, 0.29) is 11.4 Å². The highest BCUT2D eigenvalue weighted by atomic mass is 32.2. The maximum absolute atomic E-state index is 12.8. The minimum Gasteiger partial charge on any atom is -0.497 e. The van der Waals surface area contributed by atoms with Gasteiger partial charge in [-0.3, -0.25) is 10.2 Å². The smallest absolute Gasteiger partial charge is 0.283 e. The SMILES string of the molecule is COc1cccc(OCCn2cccc2/C=C2/C(=N)N3C(SCc4ccccc4)=NSC3=NC2=O)c1. The molecule has 0 saturated heterocycles. The number of thioether (sulfide) groups is 1. The van der Waals surface area contributed by atoms with E-state index >= 15 is 0 Å². The van der Waals surface area contributed by atoms with Gasteiger partial charge in [-0.25, -0.2) is 4.90 Å². The molecule has 8 nitrogen and oxygen atoms in total. The average Bonchev–Trinajstić information content (AvgIpc) is 3.52. The van der Waals surface area contributed by atoms with Gasteiger partial charge in [0.2, 0.25) is 5.17 Å². The number of amidine groups is 3. The van der Waals surface area contributed by atoms with Crippen molar-refractivity contribution in [3.05, 3.63) is 89.8 Å². The Bertz CT molecular complexity index is 1380. The Labute approximate surface area is 217 Å². The number of ether oxygens (including phenoxy) is 2. The van der Waals surface area contributed by atoms with Crippen LogP contribution >= 0.6 is 23.7 Å². The van der Waals surface area contributed by atoms with Gasteiger partial charge in [0.1, 0.15) is 23.9 Å². The zero-order valence-corrected chi connectivity index (χ0v) is 21.1. The van der Waals surface area contributed by atoms with Gasteiger partial charge in [-0.15, -0.1) is 0 Å². The normalized spacial score (nSPS) is 16.1. The number of methoxy groups -OCH3 is 1. The Morgan fingerprint density at radius 2 is 1.92 bits per heavy atom. The van der Waals surface area contributed by atoms with Gasteiger partial charge in [0, 0.05) is 23.7 Å². The van der Waals surface area contributed by atoms with Crippen LogP contribution in [0.3, 0.4) is 0 Å². The van der Waals surface area contributed by atoms with Crippen molar-refractivity contribution in [3.63, 3.8) is 0 Å². The van der Waals surface area contributed by atoms with Crippen LogP contribution in [-0.2, 0) is 17.1 Å². The van der Waals surface area contributed by atoms with Crippen molar-refractivity contribution >= 4 is 51.9 Å². The van der Waals surface area contributed by atoms with Crippen molar-refractivity contribution in [2.45, 2.75) is 12.3 Å². The van der Waals surface area contributed by atoms with Crippen LogP contribution in [0.5, 0.6) is 11.5 Å². The van der Waals surface area contributed by atoms with Crippen molar-refractivity contribution in [2.24, 2.45) is 9.39 Å². The van der Waals surface area contributed by atoms with Crippen molar-refractivity contribution in [1.29, 1.82) is 5.41 Å². The lowest BCUT2D eigenvalue weighted by Gasteiger charge is -2.24. The molecule has 2 aromatic carbocycles. The van der Waals surface area contributed by atoms with E-state index in [0.717, 1.165) is 34.7 Å². The number of aromatic nitrogens is 1. The van der Waals surface area contributed by atoms with Gasteiger partial charge < -0.3 is 14.0 Å². The second kappa shape index (κ2) is 10.9. The second-order valence-corrected chi connectivity index (χ2v) is 9.51. The standard InChI is InChI=1S/C26H23N5O3S2/c1-33-20-10-5-11-21(16-20)34-14-13-30-12-6-9-19(30)15-22-23(27)31-25(28-24(22)32)36-29-26(31)35-17-18-7-3-2-4-8-18/h2-12,15-16,27H,13-14,17H2,1H3/b22-15-,27-23?. The molecule has 182 valence electrons. The summed E-state index contributed by atoms with van der Waals surface area (Å²) in [5.41, 5.74) is 2.17. The van der Waals surface area contributed by atoms with Gasteiger partial charge in [0.25, 0.3) is 5.91 Å². The first-order valence-electron chi connectivity index (χ1n) is 11.2. The number of aliphatic imine (C=N–C) groups is 1. The first kappa shape index (κ1) is 24.0. The number of carbonyl (C=O) groups excluding carboxylic acids is 1. The molecule has 2 aliphatic rings. The topological polar surface area (TPSA) is 92.3 Å². The molecule has 0 atom stereocenters. The van der Waals surface area contributed by atoms with Crippen LogP contribution < -0.4 is 9.47 Å². The molecule has 0 saturated carbocycles. The average molecular weight is 518 g/mol. The molecule has 0 fully saturated rings. The quantitative estimate of drug-likeness (QED) is 0.331. The van der Waals surface area contributed by atoms with Crippen LogP contribution in [0.2, 0.25) is 0 Å². The molecule has 1 amide bonds. The van der Waals surface area contributed by atoms with Crippen LogP contribution in [0.4, 0.5) is 0 Å². The molecule has 0 spiro atoms. The fourth-order valence-corrected chi connectivity index (χ4v) is 5.48. The van der Waals surface area contributed by atoms with Crippen LogP contribution in [0, 0.1) is 5.41 Å². The predicted octanol–water partition coefficient (Wildman–Crippen LogP) is 5.09. The van der Waals surface area contributed by atoms with Crippen molar-refractivity contribution in [3.8, 4) is 11.5 Å². The minimum absolute atomic E-state index is 0.0784. The van der Waals surface area contributed by atoms with E-state index in [2.05, 4.69) is 9.39 Å². The summed E-state index contributed by atoms with van der Waals surface area (Å²) < 4.78 is 17.5. The van der Waals surface area contributed by atoms with Crippen molar-refractivity contribution in [2.75, 3.05) is 13.7 Å². The summed E-state index contributed by atoms with van der Waals surface area (Å²) in [5, 5.41) is 9.84. The lowest BCUT2D eigenvalue weighted by molar-refractivity contribution is -0.114. The molecule has 1 N–H and O–H groups in total. The van der Waals surface area contributed by atoms with Crippen LogP contribution in [0.25, 0.3) is 6.08 Å². The van der Waals surface area contributed by atoms with Gasteiger partial charge in [0.15, 0.2) is 5.17 Å². The third-order valence-corrected chi connectivity index (χ3v) is 7.33. The molecule has 0 radical (unpaired) electrons. The molecule has 0 bridgehead atoms. The van der Waals surface area contributed by atoms with E-state index in [0.29, 0.717) is 29.2 Å². The van der Waals surface area contributed by atoms with E-state index in [9.17, 15) is 4.79 Å². The number of nitrogens with one attached hydrogen (secondary N) is 1. The van der Waals surface area contributed by atoms with E-state index in [4.69, 9.17) is 14.9 Å². The number of hydrogen-bond donors (Lipinski definition) is 1. The molecular weight excluding hydrogens is 494 g/mol. The summed E-state index contributed by atoms with van der Waals surface area (Å²) >= 11 is 2.64. The third-order valence-electron chi connectivity index (χ3n) is 5.50. The number of nitrogens with zero attached hydrogens (tertiary/aromatic N) is 4. The zero-order valence-electron chi connectivity index (χ0n) is 19.5. The van der Waals surface area contributed by atoms with Gasteiger partial charge in [0.05, 0.1) is 31.2 Å². The molecule has 10 heteroatoms. The molecule has 36 heavy (non-hydrogen) atoms. The Morgan fingerprint density at radius 3 is 2.75 bits per heavy atom. The van der Waals surface area contributed by atoms with E-state index in [1.54, 1.807) is 18.1 Å². The Balaban J connectivity index is 1.28. The highest BCUT2D eigenvalue weighted by molar-refractivity contribution is 8.18. The van der Waals surface area contributed by atoms with Gasteiger partial charge in [-0.05, 0) is 35.9 Å². The highest BCUT2D eigenvalue weighted by Gasteiger charge is 2.37. The summed E-state index contributed by atoms with van der Waals surface area (Å²) in [6.45, 7) is 1.000. The minimum atomic E-state index is -0.441. The van der Waals surface area contributed by atoms with E-state index in [1.165, 1.54) is 11.8 Å². The van der Waals surface area contributed by atoms with Gasteiger partial charge in [-0.1, -0.05) is 48.2 Å². The fraction of sp³-hybridized carbons (Fsp3) is 0.154. The number of hydrogen-bond acceptors (Lipinski definition) is 7. The third kappa shape index (κ3) is 5.24. The number of amides is 1. The van der Waals surface area contributed by atoms with Crippen molar-refractivity contribution in [1.82, 2.24) is 9.47 Å². The van der Waals surface area contributed by atoms with Crippen LogP contribution in [0.1, 0.15) is 11.3 Å². The highest BCUT2D eigenvalue weighted by Crippen LogP contribution is 2.33. The Kier molecular flexibility index (Phi) is 7.24. The molecule has 0 unspecified atom stereocenters. The number of benzene rings is 2. The summed E-state index contributed by atoms with van der Waals surface area (Å²) in [4.78, 5) is 18.6. The van der Waals surface area contributed by atoms with E-state index in [1.807, 2.05) is 77.5 Å². The molecule has 5 rings (SSSR count). The summed E-state index contributed by atoms with van der Waals surface area (Å²) in [6.07, 6.45) is 3.63. The summed E-state index contributed by atoms with van der Waals surface area (Å²) in [6, 6.07) is 21.3. The molecule has 0 aliphatic carbocycles. The molecule has 3 heterocycles. The summed E-state index contributed by atoms with van der Waals surface area (Å²) in [7, 11) is 1.62. The van der Waals surface area contributed by atoms with Crippen LogP contribution in [-0.4, -0.2) is 45.3 Å². The number of fused-ring (bicyclic) bond motifs is 1. The number of carbonyl (C=O) groups is 1. The zero-order chi connectivity index (χ0) is 24.9.